The summed E-state index contributed by atoms with van der Waals surface area (Å²) in [5.41, 5.74) is 1.01. The fourth-order valence-electron chi connectivity index (χ4n) is 2.48. The molecule has 0 unspecified atom stereocenters. The Labute approximate surface area is 140 Å². The van der Waals surface area contributed by atoms with Gasteiger partial charge in [-0.15, -0.1) is 11.8 Å². The van der Waals surface area contributed by atoms with Crippen LogP contribution >= 0.6 is 23.4 Å². The Morgan fingerprint density at radius 1 is 1.41 bits per heavy atom. The van der Waals surface area contributed by atoms with Gasteiger partial charge in [-0.25, -0.2) is 13.6 Å². The summed E-state index contributed by atoms with van der Waals surface area (Å²) in [6, 6.07) is 7.56. The molecule has 1 aromatic carbocycles. The Balaban J connectivity index is 1.76. The Bertz CT molecular complexity index is 637. The maximum atomic E-state index is 12.1. The number of rotatable bonds is 6. The van der Waals surface area contributed by atoms with Crippen molar-refractivity contribution in [2.45, 2.75) is 12.2 Å². The molecule has 1 heterocycles. The number of sulfonamides is 1. The zero-order valence-electron chi connectivity index (χ0n) is 12.1. The molecule has 0 bridgehead atoms. The predicted octanol–water partition coefficient (Wildman–Crippen LogP) is 1.71. The van der Waals surface area contributed by atoms with Gasteiger partial charge in [0, 0.05) is 23.9 Å². The minimum Gasteiger partial charge on any atom is -0.342 e. The number of hydrogen-bond acceptors (Lipinski definition) is 4. The predicted molar refractivity (Wildman–Crippen MR) is 90.3 cm³/mol. The third kappa shape index (κ3) is 5.46. The first-order chi connectivity index (χ1) is 10.3. The minimum absolute atomic E-state index is 0.0361. The first-order valence-corrected chi connectivity index (χ1v) is 10.2. The van der Waals surface area contributed by atoms with Crippen molar-refractivity contribution in [3.05, 3.63) is 34.9 Å². The number of nitrogens with zero attached hydrogens (tertiary/aromatic N) is 1. The van der Waals surface area contributed by atoms with Crippen LogP contribution in [0, 0.1) is 5.92 Å². The standard InChI is InChI=1S/C14H19ClN2O3S2/c15-13-4-2-1-3-12(13)8-21-9-14(18)17-6-5-11(7-17)10-22(16,19)20/h1-4,11H,5-10H2,(H2,16,19,20)/t11-/m0/s1. The van der Waals surface area contributed by atoms with Crippen molar-refractivity contribution >= 4 is 39.3 Å². The second kappa shape index (κ2) is 7.68. The number of amides is 1. The summed E-state index contributed by atoms with van der Waals surface area (Å²) in [7, 11) is -3.47. The molecule has 1 fully saturated rings. The molecule has 22 heavy (non-hydrogen) atoms. The van der Waals surface area contributed by atoms with Gasteiger partial charge in [0.1, 0.15) is 0 Å². The number of halogens is 1. The highest BCUT2D eigenvalue weighted by Gasteiger charge is 2.28. The van der Waals surface area contributed by atoms with Crippen LogP contribution < -0.4 is 5.14 Å². The van der Waals surface area contributed by atoms with E-state index in [1.54, 1.807) is 4.90 Å². The van der Waals surface area contributed by atoms with Gasteiger partial charge in [-0.05, 0) is 24.0 Å². The average Bonchev–Trinajstić information content (AvgIpc) is 2.87. The number of hydrogen-bond donors (Lipinski definition) is 1. The molecule has 122 valence electrons. The average molecular weight is 363 g/mol. The highest BCUT2D eigenvalue weighted by atomic mass is 35.5. The molecule has 1 aliphatic rings. The molecule has 0 aromatic heterocycles. The van der Waals surface area contributed by atoms with Crippen molar-refractivity contribution in [3.63, 3.8) is 0 Å². The van der Waals surface area contributed by atoms with Gasteiger partial charge in [-0.2, -0.15) is 0 Å². The van der Waals surface area contributed by atoms with Gasteiger partial charge >= 0.3 is 0 Å². The third-order valence-electron chi connectivity index (χ3n) is 3.55. The molecular formula is C14H19ClN2O3S2. The quantitative estimate of drug-likeness (QED) is 0.835. The molecular weight excluding hydrogens is 344 g/mol. The third-order valence-corrected chi connectivity index (χ3v) is 5.82. The first-order valence-electron chi connectivity index (χ1n) is 6.94. The van der Waals surface area contributed by atoms with Crippen LogP contribution in [-0.2, 0) is 20.6 Å². The lowest BCUT2D eigenvalue weighted by molar-refractivity contribution is -0.127. The van der Waals surface area contributed by atoms with Crippen LogP contribution in [0.25, 0.3) is 0 Å². The molecule has 1 saturated heterocycles. The molecule has 0 spiro atoms. The van der Waals surface area contributed by atoms with E-state index in [4.69, 9.17) is 16.7 Å². The van der Waals surface area contributed by atoms with Crippen molar-refractivity contribution in [2.75, 3.05) is 24.6 Å². The van der Waals surface area contributed by atoms with Crippen molar-refractivity contribution in [1.82, 2.24) is 4.90 Å². The zero-order chi connectivity index (χ0) is 16.2. The summed E-state index contributed by atoms with van der Waals surface area (Å²) in [5, 5.41) is 5.75. The van der Waals surface area contributed by atoms with Crippen LogP contribution in [0.3, 0.4) is 0 Å². The number of nitrogens with two attached hydrogens (primary N) is 1. The SMILES string of the molecule is NS(=O)(=O)C[C@H]1CCN(C(=O)CSCc2ccccc2Cl)C1. The van der Waals surface area contributed by atoms with Crippen LogP contribution in [0.15, 0.2) is 24.3 Å². The summed E-state index contributed by atoms with van der Waals surface area (Å²) in [5.74, 6) is 0.984. The smallest absolute Gasteiger partial charge is 0.232 e. The maximum absolute atomic E-state index is 12.1. The second-order valence-corrected chi connectivity index (χ2v) is 8.46. The summed E-state index contributed by atoms with van der Waals surface area (Å²) in [6.07, 6.45) is 0.692. The molecule has 1 aliphatic heterocycles. The lowest BCUT2D eigenvalue weighted by Crippen LogP contribution is -2.32. The Morgan fingerprint density at radius 3 is 2.82 bits per heavy atom. The van der Waals surface area contributed by atoms with Crippen LogP contribution in [0.2, 0.25) is 5.02 Å². The molecule has 0 radical (unpaired) electrons. The monoisotopic (exact) mass is 362 g/mol. The lowest BCUT2D eigenvalue weighted by atomic mass is 10.2. The molecule has 0 aliphatic carbocycles. The van der Waals surface area contributed by atoms with E-state index < -0.39 is 10.0 Å². The number of thioether (sulfide) groups is 1. The summed E-state index contributed by atoms with van der Waals surface area (Å²) in [6.45, 7) is 1.08. The number of primary sulfonamides is 1. The molecule has 2 rings (SSSR count). The maximum Gasteiger partial charge on any atom is 0.232 e. The van der Waals surface area contributed by atoms with Gasteiger partial charge in [-0.3, -0.25) is 4.79 Å². The Morgan fingerprint density at radius 2 is 2.14 bits per heavy atom. The van der Waals surface area contributed by atoms with E-state index in [1.807, 2.05) is 24.3 Å². The molecule has 2 N–H and O–H groups in total. The summed E-state index contributed by atoms with van der Waals surface area (Å²) >= 11 is 7.58. The normalized spacial score (nSPS) is 18.6. The van der Waals surface area contributed by atoms with Gasteiger partial charge in [0.15, 0.2) is 0 Å². The highest BCUT2D eigenvalue weighted by molar-refractivity contribution is 7.99. The first kappa shape index (κ1) is 17.6. The van der Waals surface area contributed by atoms with E-state index in [9.17, 15) is 13.2 Å². The van der Waals surface area contributed by atoms with Crippen LogP contribution in [0.5, 0.6) is 0 Å². The van der Waals surface area contributed by atoms with E-state index in [0.29, 0.717) is 36.0 Å². The summed E-state index contributed by atoms with van der Waals surface area (Å²) < 4.78 is 22.2. The molecule has 1 aromatic rings. The number of likely N-dealkylation sites (tertiary alicyclic amines) is 1. The molecule has 5 nitrogen and oxygen atoms in total. The molecule has 1 amide bonds. The van der Waals surface area contributed by atoms with Gasteiger partial charge in [0.2, 0.25) is 15.9 Å². The van der Waals surface area contributed by atoms with Crippen LogP contribution in [0.4, 0.5) is 0 Å². The van der Waals surface area contributed by atoms with Crippen molar-refractivity contribution < 1.29 is 13.2 Å². The van der Waals surface area contributed by atoms with E-state index >= 15 is 0 Å². The Kier molecular flexibility index (Phi) is 6.14. The van der Waals surface area contributed by atoms with Gasteiger partial charge in [0.05, 0.1) is 11.5 Å². The van der Waals surface area contributed by atoms with Gasteiger partial charge in [0.25, 0.3) is 0 Å². The molecule has 0 saturated carbocycles. The highest BCUT2D eigenvalue weighted by Crippen LogP contribution is 2.22. The van der Waals surface area contributed by atoms with E-state index in [1.165, 1.54) is 11.8 Å². The summed E-state index contributed by atoms with van der Waals surface area (Å²) in [4.78, 5) is 13.8. The van der Waals surface area contributed by atoms with Crippen LogP contribution in [0.1, 0.15) is 12.0 Å². The number of carbonyl (C=O) groups excluding carboxylic acids is 1. The van der Waals surface area contributed by atoms with Crippen molar-refractivity contribution in [1.29, 1.82) is 0 Å². The zero-order valence-corrected chi connectivity index (χ0v) is 14.5. The number of benzene rings is 1. The fraction of sp³-hybridized carbons (Fsp3) is 0.500. The van der Waals surface area contributed by atoms with Crippen LogP contribution in [-0.4, -0.2) is 43.8 Å². The number of carbonyl (C=O) groups is 1. The topological polar surface area (TPSA) is 80.5 Å². The van der Waals surface area contributed by atoms with E-state index in [-0.39, 0.29) is 17.6 Å². The van der Waals surface area contributed by atoms with Gasteiger partial charge < -0.3 is 4.90 Å². The molecule has 1 atom stereocenters. The van der Waals surface area contributed by atoms with Crippen molar-refractivity contribution in [3.8, 4) is 0 Å². The lowest BCUT2D eigenvalue weighted by Gasteiger charge is -2.16. The fourth-order valence-corrected chi connectivity index (χ4v) is 4.62. The molecule has 8 heteroatoms. The largest absolute Gasteiger partial charge is 0.342 e. The minimum atomic E-state index is -3.47. The Hall–Kier alpha value is -0.760. The second-order valence-electron chi connectivity index (χ2n) is 5.41. The van der Waals surface area contributed by atoms with Gasteiger partial charge in [-0.1, -0.05) is 29.8 Å². The van der Waals surface area contributed by atoms with E-state index in [0.717, 1.165) is 5.56 Å². The van der Waals surface area contributed by atoms with E-state index in [2.05, 4.69) is 0 Å². The van der Waals surface area contributed by atoms with Crippen molar-refractivity contribution in [2.24, 2.45) is 11.1 Å².